The minimum absolute atomic E-state index is 0.194. The molecule has 2 aromatic rings. The molecule has 0 radical (unpaired) electrons. The van der Waals surface area contributed by atoms with Gasteiger partial charge < -0.3 is 14.2 Å². The third-order valence-electron chi connectivity index (χ3n) is 2.71. The summed E-state index contributed by atoms with van der Waals surface area (Å²) in [5.74, 6) is -0.296. The van der Waals surface area contributed by atoms with Gasteiger partial charge in [0.15, 0.2) is 11.5 Å². The van der Waals surface area contributed by atoms with Crippen LogP contribution < -0.4 is 9.47 Å². The lowest BCUT2D eigenvalue weighted by Gasteiger charge is -2.10. The van der Waals surface area contributed by atoms with E-state index in [-0.39, 0.29) is 18.1 Å². The SMILES string of the molecule is COC(=O)c1ccc(OC(=O)Cc2cccs2)c(OC)c1. The average Bonchev–Trinajstić information content (AvgIpc) is 2.99. The summed E-state index contributed by atoms with van der Waals surface area (Å²) in [5, 5.41) is 1.90. The molecule has 110 valence electrons. The number of benzene rings is 1. The first-order chi connectivity index (χ1) is 10.1. The highest BCUT2D eigenvalue weighted by Gasteiger charge is 2.14. The van der Waals surface area contributed by atoms with Crippen LogP contribution in [0.15, 0.2) is 35.7 Å². The van der Waals surface area contributed by atoms with Crippen molar-refractivity contribution < 1.29 is 23.8 Å². The number of hydrogen-bond acceptors (Lipinski definition) is 6. The normalized spacial score (nSPS) is 10.0. The van der Waals surface area contributed by atoms with E-state index in [0.29, 0.717) is 11.3 Å². The van der Waals surface area contributed by atoms with E-state index in [9.17, 15) is 9.59 Å². The second-order valence-electron chi connectivity index (χ2n) is 4.09. The van der Waals surface area contributed by atoms with E-state index >= 15 is 0 Å². The minimum atomic E-state index is -0.482. The van der Waals surface area contributed by atoms with Crippen LogP contribution in [0.2, 0.25) is 0 Å². The molecule has 0 spiro atoms. The van der Waals surface area contributed by atoms with Crippen LogP contribution >= 0.6 is 11.3 Å². The van der Waals surface area contributed by atoms with E-state index in [0.717, 1.165) is 4.88 Å². The molecular weight excluding hydrogens is 292 g/mol. The molecule has 0 aliphatic heterocycles. The first kappa shape index (κ1) is 15.1. The summed E-state index contributed by atoms with van der Waals surface area (Å²) in [5.41, 5.74) is 0.326. The van der Waals surface area contributed by atoms with Crippen molar-refractivity contribution in [2.75, 3.05) is 14.2 Å². The molecule has 0 aliphatic carbocycles. The van der Waals surface area contributed by atoms with Crippen LogP contribution in [-0.4, -0.2) is 26.2 Å². The van der Waals surface area contributed by atoms with E-state index in [2.05, 4.69) is 4.74 Å². The highest BCUT2D eigenvalue weighted by atomic mass is 32.1. The minimum Gasteiger partial charge on any atom is -0.493 e. The Morgan fingerprint density at radius 2 is 1.95 bits per heavy atom. The molecule has 5 nitrogen and oxygen atoms in total. The summed E-state index contributed by atoms with van der Waals surface area (Å²) in [6, 6.07) is 8.24. The zero-order chi connectivity index (χ0) is 15.2. The van der Waals surface area contributed by atoms with Gasteiger partial charge in [0.05, 0.1) is 26.2 Å². The topological polar surface area (TPSA) is 61.8 Å². The molecule has 21 heavy (non-hydrogen) atoms. The van der Waals surface area contributed by atoms with E-state index < -0.39 is 5.97 Å². The van der Waals surface area contributed by atoms with Crippen molar-refractivity contribution in [3.8, 4) is 11.5 Å². The van der Waals surface area contributed by atoms with Gasteiger partial charge in [-0.1, -0.05) is 6.07 Å². The number of hydrogen-bond donors (Lipinski definition) is 0. The third kappa shape index (κ3) is 3.82. The number of carbonyl (C=O) groups excluding carboxylic acids is 2. The lowest BCUT2D eigenvalue weighted by molar-refractivity contribution is -0.133. The van der Waals surface area contributed by atoms with Crippen LogP contribution in [0.5, 0.6) is 11.5 Å². The molecule has 6 heteroatoms. The lowest BCUT2D eigenvalue weighted by atomic mass is 10.2. The maximum atomic E-state index is 11.9. The zero-order valence-electron chi connectivity index (χ0n) is 11.6. The highest BCUT2D eigenvalue weighted by molar-refractivity contribution is 7.10. The van der Waals surface area contributed by atoms with Gasteiger partial charge in [0, 0.05) is 4.88 Å². The van der Waals surface area contributed by atoms with Crippen molar-refractivity contribution in [2.45, 2.75) is 6.42 Å². The van der Waals surface area contributed by atoms with Crippen molar-refractivity contribution in [2.24, 2.45) is 0 Å². The summed E-state index contributed by atoms with van der Waals surface area (Å²) < 4.78 is 15.0. The Hall–Kier alpha value is -2.34. The molecule has 1 aromatic carbocycles. The van der Waals surface area contributed by atoms with Crippen molar-refractivity contribution in [3.63, 3.8) is 0 Å². The Morgan fingerprint density at radius 3 is 2.57 bits per heavy atom. The maximum absolute atomic E-state index is 11.9. The van der Waals surface area contributed by atoms with Crippen LogP contribution in [0.4, 0.5) is 0 Å². The molecule has 0 saturated heterocycles. The summed E-state index contributed by atoms with van der Waals surface area (Å²) in [6.07, 6.45) is 0.194. The largest absolute Gasteiger partial charge is 0.493 e. The lowest BCUT2D eigenvalue weighted by Crippen LogP contribution is -2.11. The van der Waals surface area contributed by atoms with Crippen molar-refractivity contribution in [1.82, 2.24) is 0 Å². The number of ether oxygens (including phenoxy) is 3. The van der Waals surface area contributed by atoms with Gasteiger partial charge in [-0.25, -0.2) is 4.79 Å². The number of esters is 2. The fourth-order valence-electron chi connectivity index (χ4n) is 1.71. The molecule has 2 rings (SSSR count). The van der Waals surface area contributed by atoms with Crippen molar-refractivity contribution in [1.29, 1.82) is 0 Å². The van der Waals surface area contributed by atoms with Crippen molar-refractivity contribution in [3.05, 3.63) is 46.2 Å². The predicted octanol–water partition coefficient (Wildman–Crippen LogP) is 2.69. The monoisotopic (exact) mass is 306 g/mol. The summed E-state index contributed by atoms with van der Waals surface area (Å²) in [4.78, 5) is 24.2. The highest BCUT2D eigenvalue weighted by Crippen LogP contribution is 2.28. The molecule has 0 fully saturated rings. The first-order valence-corrected chi connectivity index (χ1v) is 7.01. The molecule has 0 amide bonds. The van der Waals surface area contributed by atoms with Gasteiger partial charge in [-0.15, -0.1) is 11.3 Å². The quantitative estimate of drug-likeness (QED) is 0.628. The van der Waals surface area contributed by atoms with Crippen LogP contribution in [0.25, 0.3) is 0 Å². The Bertz CT molecular complexity index is 634. The molecule has 0 unspecified atom stereocenters. The first-order valence-electron chi connectivity index (χ1n) is 6.13. The summed E-state index contributed by atoms with van der Waals surface area (Å²) >= 11 is 1.49. The van der Waals surface area contributed by atoms with Crippen LogP contribution in [0, 0.1) is 0 Å². The second-order valence-corrected chi connectivity index (χ2v) is 5.12. The molecule has 0 bridgehead atoms. The van der Waals surface area contributed by atoms with Crippen LogP contribution in [0.3, 0.4) is 0 Å². The Labute approximate surface area is 126 Å². The molecule has 1 aromatic heterocycles. The Morgan fingerprint density at radius 1 is 1.14 bits per heavy atom. The fraction of sp³-hybridized carbons (Fsp3) is 0.200. The summed E-state index contributed by atoms with van der Waals surface area (Å²) in [7, 11) is 2.73. The van der Waals surface area contributed by atoms with Gasteiger partial charge in [0.25, 0.3) is 0 Å². The Kier molecular flexibility index (Phi) is 4.94. The Balaban J connectivity index is 2.12. The van der Waals surface area contributed by atoms with Crippen LogP contribution in [0.1, 0.15) is 15.2 Å². The average molecular weight is 306 g/mol. The van der Waals surface area contributed by atoms with E-state index in [4.69, 9.17) is 9.47 Å². The molecule has 0 aliphatic rings. The number of methoxy groups -OCH3 is 2. The number of thiophene rings is 1. The standard InChI is InChI=1S/C15H14O5S/c1-18-13-8-10(15(17)19-2)5-6-12(13)20-14(16)9-11-4-3-7-21-11/h3-8H,9H2,1-2H3. The zero-order valence-corrected chi connectivity index (χ0v) is 12.4. The third-order valence-corrected chi connectivity index (χ3v) is 3.58. The molecule has 1 heterocycles. The predicted molar refractivity (Wildman–Crippen MR) is 78.0 cm³/mol. The van der Waals surface area contributed by atoms with Gasteiger partial charge in [0.1, 0.15) is 0 Å². The molecule has 0 N–H and O–H groups in total. The van der Waals surface area contributed by atoms with Gasteiger partial charge in [-0.2, -0.15) is 0 Å². The van der Waals surface area contributed by atoms with Gasteiger partial charge in [0.2, 0.25) is 0 Å². The number of rotatable bonds is 5. The van der Waals surface area contributed by atoms with Gasteiger partial charge >= 0.3 is 11.9 Å². The van der Waals surface area contributed by atoms with Crippen molar-refractivity contribution >= 4 is 23.3 Å². The van der Waals surface area contributed by atoms with E-state index in [1.165, 1.54) is 43.8 Å². The molecular formula is C15H14O5S. The molecule has 0 saturated carbocycles. The van der Waals surface area contributed by atoms with E-state index in [1.807, 2.05) is 17.5 Å². The van der Waals surface area contributed by atoms with Gasteiger partial charge in [-0.3, -0.25) is 4.79 Å². The second kappa shape index (κ2) is 6.90. The van der Waals surface area contributed by atoms with Gasteiger partial charge in [-0.05, 0) is 29.6 Å². The summed E-state index contributed by atoms with van der Waals surface area (Å²) in [6.45, 7) is 0. The number of carbonyl (C=O) groups is 2. The fourth-order valence-corrected chi connectivity index (χ4v) is 2.40. The smallest absolute Gasteiger partial charge is 0.337 e. The van der Waals surface area contributed by atoms with Crippen LogP contribution in [-0.2, 0) is 16.0 Å². The van der Waals surface area contributed by atoms with E-state index in [1.54, 1.807) is 0 Å². The molecule has 0 atom stereocenters. The maximum Gasteiger partial charge on any atom is 0.337 e.